The van der Waals surface area contributed by atoms with Crippen LogP contribution in [0.5, 0.6) is 0 Å². The third-order valence-corrected chi connectivity index (χ3v) is 4.38. The first kappa shape index (κ1) is 15.7. The van der Waals surface area contributed by atoms with Crippen LogP contribution in [0.3, 0.4) is 0 Å². The number of hydrogen-bond donors (Lipinski definition) is 2. The van der Waals surface area contributed by atoms with Crippen molar-refractivity contribution in [2.45, 2.75) is 33.3 Å². The number of H-pyrrole nitrogens is 1. The van der Waals surface area contributed by atoms with Crippen molar-refractivity contribution < 1.29 is 9.90 Å². The third kappa shape index (κ3) is 3.27. The first-order chi connectivity index (χ1) is 10.9. The number of aryl methyl sites for hydroxylation is 3. The van der Waals surface area contributed by atoms with Gasteiger partial charge in [-0.2, -0.15) is 5.10 Å². The number of aromatic nitrogens is 3. The zero-order valence-electron chi connectivity index (χ0n) is 13.7. The number of pyridine rings is 1. The summed E-state index contributed by atoms with van der Waals surface area (Å²) in [5.74, 6) is -0.0462. The highest BCUT2D eigenvalue weighted by molar-refractivity contribution is 5.95. The molecule has 2 aromatic heterocycles. The molecule has 6 heteroatoms. The second kappa shape index (κ2) is 6.12. The van der Waals surface area contributed by atoms with E-state index in [-0.39, 0.29) is 11.8 Å². The van der Waals surface area contributed by atoms with E-state index in [1.807, 2.05) is 39.0 Å². The molecule has 1 aliphatic heterocycles. The number of hydrogen-bond acceptors (Lipinski definition) is 4. The summed E-state index contributed by atoms with van der Waals surface area (Å²) in [6.45, 7) is 6.60. The molecule has 0 aromatic carbocycles. The predicted octanol–water partition coefficient (Wildman–Crippen LogP) is 1.41. The average molecular weight is 314 g/mol. The number of nitrogens with one attached hydrogen (secondary N) is 1. The second-order valence-corrected chi connectivity index (χ2v) is 6.37. The summed E-state index contributed by atoms with van der Waals surface area (Å²) in [6, 6.07) is 5.64. The van der Waals surface area contributed by atoms with Gasteiger partial charge >= 0.3 is 0 Å². The van der Waals surface area contributed by atoms with E-state index in [0.29, 0.717) is 25.1 Å². The summed E-state index contributed by atoms with van der Waals surface area (Å²) in [6.07, 6.45) is 0.148. The highest BCUT2D eigenvalue weighted by atomic mass is 16.3. The molecule has 122 valence electrons. The first-order valence-electron chi connectivity index (χ1n) is 7.86. The summed E-state index contributed by atoms with van der Waals surface area (Å²) >= 11 is 0. The van der Waals surface area contributed by atoms with Gasteiger partial charge in [-0.15, -0.1) is 0 Å². The second-order valence-electron chi connectivity index (χ2n) is 6.37. The van der Waals surface area contributed by atoms with Crippen LogP contribution in [-0.4, -0.2) is 50.3 Å². The Hall–Kier alpha value is -2.21. The standard InChI is InChI=1S/C17H22N4O2/c1-10-4-5-15(12(3)18-10)17(23)21-8-13(16(22)9-21)7-14-6-11(2)19-20-14/h4-6,13,16,22H,7-9H2,1-3H3,(H,19,20)/t13-,16-/m1/s1. The van der Waals surface area contributed by atoms with Crippen LogP contribution in [0.1, 0.15) is 33.1 Å². The minimum absolute atomic E-state index is 0.0142. The Bertz CT molecular complexity index is 725. The van der Waals surface area contributed by atoms with Crippen LogP contribution >= 0.6 is 0 Å². The fraction of sp³-hybridized carbons (Fsp3) is 0.471. The molecule has 1 fully saturated rings. The van der Waals surface area contributed by atoms with Crippen molar-refractivity contribution in [1.29, 1.82) is 0 Å². The van der Waals surface area contributed by atoms with E-state index in [0.717, 1.165) is 22.8 Å². The van der Waals surface area contributed by atoms with E-state index in [1.165, 1.54) is 0 Å². The Labute approximate surface area is 135 Å². The van der Waals surface area contributed by atoms with E-state index >= 15 is 0 Å². The molecule has 2 N–H and O–H groups in total. The van der Waals surface area contributed by atoms with Gasteiger partial charge in [-0.05, 0) is 45.4 Å². The van der Waals surface area contributed by atoms with Gasteiger partial charge in [0.25, 0.3) is 5.91 Å². The van der Waals surface area contributed by atoms with Gasteiger partial charge in [0.2, 0.25) is 0 Å². The highest BCUT2D eigenvalue weighted by Crippen LogP contribution is 2.23. The topological polar surface area (TPSA) is 82.1 Å². The highest BCUT2D eigenvalue weighted by Gasteiger charge is 2.35. The van der Waals surface area contributed by atoms with E-state index in [4.69, 9.17) is 0 Å². The number of aromatic amines is 1. The van der Waals surface area contributed by atoms with Crippen molar-refractivity contribution in [3.05, 3.63) is 46.5 Å². The SMILES string of the molecule is Cc1ccc(C(=O)N2C[C@@H](Cc3cc(C)[nH]n3)[C@H](O)C2)c(C)n1. The number of nitrogens with zero attached hydrogens (tertiary/aromatic N) is 3. The van der Waals surface area contributed by atoms with Crippen molar-refractivity contribution in [2.75, 3.05) is 13.1 Å². The maximum atomic E-state index is 12.7. The zero-order valence-corrected chi connectivity index (χ0v) is 13.7. The van der Waals surface area contributed by atoms with Crippen LogP contribution in [0, 0.1) is 26.7 Å². The van der Waals surface area contributed by atoms with Gasteiger partial charge in [-0.3, -0.25) is 14.9 Å². The van der Waals surface area contributed by atoms with Gasteiger partial charge < -0.3 is 10.0 Å². The Balaban J connectivity index is 1.71. The lowest BCUT2D eigenvalue weighted by atomic mass is 10.00. The number of aliphatic hydroxyl groups excluding tert-OH is 1. The lowest BCUT2D eigenvalue weighted by molar-refractivity contribution is 0.0763. The van der Waals surface area contributed by atoms with Gasteiger partial charge in [0, 0.05) is 30.4 Å². The molecule has 0 unspecified atom stereocenters. The van der Waals surface area contributed by atoms with Crippen molar-refractivity contribution in [2.24, 2.45) is 5.92 Å². The number of likely N-dealkylation sites (tertiary alicyclic amines) is 1. The van der Waals surface area contributed by atoms with E-state index in [2.05, 4.69) is 15.2 Å². The van der Waals surface area contributed by atoms with E-state index in [1.54, 1.807) is 4.90 Å². The summed E-state index contributed by atoms with van der Waals surface area (Å²) in [7, 11) is 0. The molecule has 0 bridgehead atoms. The molecule has 0 saturated carbocycles. The first-order valence-corrected chi connectivity index (χ1v) is 7.86. The van der Waals surface area contributed by atoms with Gasteiger partial charge in [0.1, 0.15) is 0 Å². The van der Waals surface area contributed by atoms with Crippen LogP contribution in [0.15, 0.2) is 18.2 Å². The number of amides is 1. The molecule has 3 rings (SSSR count). The number of aliphatic hydroxyl groups is 1. The van der Waals surface area contributed by atoms with Gasteiger partial charge in [-0.25, -0.2) is 0 Å². The minimum atomic E-state index is -0.519. The van der Waals surface area contributed by atoms with Crippen molar-refractivity contribution in [1.82, 2.24) is 20.1 Å². The maximum absolute atomic E-state index is 12.7. The van der Waals surface area contributed by atoms with Gasteiger partial charge in [-0.1, -0.05) is 0 Å². The van der Waals surface area contributed by atoms with E-state index in [9.17, 15) is 9.90 Å². The van der Waals surface area contributed by atoms with E-state index < -0.39 is 6.10 Å². The monoisotopic (exact) mass is 314 g/mol. The fourth-order valence-electron chi connectivity index (χ4n) is 3.15. The molecule has 1 saturated heterocycles. The molecule has 1 amide bonds. The molecule has 2 aromatic rings. The van der Waals surface area contributed by atoms with Crippen LogP contribution in [0.4, 0.5) is 0 Å². The van der Waals surface area contributed by atoms with Crippen LogP contribution in [0.2, 0.25) is 0 Å². The number of carbonyl (C=O) groups excluding carboxylic acids is 1. The smallest absolute Gasteiger partial charge is 0.255 e. The molecular weight excluding hydrogens is 292 g/mol. The van der Waals surface area contributed by atoms with Gasteiger partial charge in [0.05, 0.1) is 23.1 Å². The minimum Gasteiger partial charge on any atom is -0.391 e. The predicted molar refractivity (Wildman–Crippen MR) is 86.1 cm³/mol. The van der Waals surface area contributed by atoms with Crippen molar-refractivity contribution >= 4 is 5.91 Å². The number of rotatable bonds is 3. The normalized spacial score (nSPS) is 21.0. The Morgan fingerprint density at radius 2 is 2.13 bits per heavy atom. The fourth-order valence-corrected chi connectivity index (χ4v) is 3.15. The Morgan fingerprint density at radius 3 is 2.78 bits per heavy atom. The molecule has 6 nitrogen and oxygen atoms in total. The largest absolute Gasteiger partial charge is 0.391 e. The quantitative estimate of drug-likeness (QED) is 0.897. The van der Waals surface area contributed by atoms with Crippen LogP contribution in [-0.2, 0) is 6.42 Å². The molecule has 0 aliphatic carbocycles. The third-order valence-electron chi connectivity index (χ3n) is 4.38. The number of β-amino-alcohol motifs (C(OH)–C–C–N with tert-alkyl or cyclic N) is 1. The zero-order chi connectivity index (χ0) is 16.6. The molecule has 2 atom stereocenters. The van der Waals surface area contributed by atoms with Gasteiger partial charge in [0.15, 0.2) is 0 Å². The van der Waals surface area contributed by atoms with Crippen LogP contribution in [0.25, 0.3) is 0 Å². The summed E-state index contributed by atoms with van der Waals surface area (Å²) in [5.41, 5.74) is 4.16. The molecule has 3 heterocycles. The van der Waals surface area contributed by atoms with Crippen LogP contribution < -0.4 is 0 Å². The van der Waals surface area contributed by atoms with Crippen molar-refractivity contribution in [3.63, 3.8) is 0 Å². The Kier molecular flexibility index (Phi) is 4.17. The summed E-state index contributed by atoms with van der Waals surface area (Å²) in [4.78, 5) is 18.7. The molecule has 1 aliphatic rings. The lowest BCUT2D eigenvalue weighted by Gasteiger charge is -2.17. The Morgan fingerprint density at radius 1 is 1.35 bits per heavy atom. The molecule has 0 spiro atoms. The molecule has 23 heavy (non-hydrogen) atoms. The molecule has 0 radical (unpaired) electrons. The maximum Gasteiger partial charge on any atom is 0.255 e. The molecular formula is C17H22N4O2. The summed E-state index contributed by atoms with van der Waals surface area (Å²) < 4.78 is 0. The van der Waals surface area contributed by atoms with Crippen molar-refractivity contribution in [3.8, 4) is 0 Å². The average Bonchev–Trinajstić information content (AvgIpc) is 3.05. The lowest BCUT2D eigenvalue weighted by Crippen LogP contribution is -2.30. The summed E-state index contributed by atoms with van der Waals surface area (Å²) in [5, 5.41) is 17.4. The number of carbonyl (C=O) groups is 1.